The van der Waals surface area contributed by atoms with E-state index in [0.717, 1.165) is 37.8 Å². The van der Waals surface area contributed by atoms with Crippen molar-refractivity contribution in [2.45, 2.75) is 70.4 Å². The molecule has 1 unspecified atom stereocenters. The van der Waals surface area contributed by atoms with E-state index >= 15 is 0 Å². The number of rotatable bonds is 4. The summed E-state index contributed by atoms with van der Waals surface area (Å²) in [5.74, 6) is 1.73. The Morgan fingerprint density at radius 2 is 1.69 bits per heavy atom. The van der Waals surface area contributed by atoms with Gasteiger partial charge in [-0.2, -0.15) is 0 Å². The second kappa shape index (κ2) is 7.59. The second-order valence-corrected chi connectivity index (χ2v) is 8.70. The molecule has 3 aliphatic rings. The fourth-order valence-electron chi connectivity index (χ4n) is 5.38. The molecule has 0 saturated heterocycles. The van der Waals surface area contributed by atoms with Crippen molar-refractivity contribution in [3.8, 4) is 5.75 Å². The summed E-state index contributed by atoms with van der Waals surface area (Å²) in [4.78, 5) is 14.5. The van der Waals surface area contributed by atoms with Crippen LogP contribution < -0.4 is 0 Å². The van der Waals surface area contributed by atoms with Crippen LogP contribution in [0, 0.1) is 17.8 Å². The van der Waals surface area contributed by atoms with Crippen molar-refractivity contribution in [3.63, 3.8) is 0 Å². The van der Waals surface area contributed by atoms with Gasteiger partial charge in [-0.25, -0.2) is 0 Å². The van der Waals surface area contributed by atoms with Gasteiger partial charge in [0.05, 0.1) is 6.10 Å². The van der Waals surface area contributed by atoms with Gasteiger partial charge in [-0.05, 0) is 74.0 Å². The third kappa shape index (κ3) is 3.62. The average Bonchev–Trinajstić information content (AvgIpc) is 2.98. The highest BCUT2D eigenvalue weighted by Crippen LogP contribution is 2.38. The summed E-state index contributed by atoms with van der Waals surface area (Å²) in [5.41, 5.74) is 1.68. The van der Waals surface area contributed by atoms with Crippen molar-refractivity contribution in [1.82, 2.24) is 4.90 Å². The number of aliphatic hydroxyl groups excluding tert-OH is 1. The maximum Gasteiger partial charge on any atom is 0.254 e. The van der Waals surface area contributed by atoms with Crippen molar-refractivity contribution in [1.29, 1.82) is 0 Å². The summed E-state index contributed by atoms with van der Waals surface area (Å²) in [6, 6.07) is 5.11. The molecule has 26 heavy (non-hydrogen) atoms. The molecule has 4 heteroatoms. The number of hydrogen-bond donors (Lipinski definition) is 2. The summed E-state index contributed by atoms with van der Waals surface area (Å²) in [5, 5.41) is 20.4. The summed E-state index contributed by atoms with van der Waals surface area (Å²) < 4.78 is 0. The normalized spacial score (nSPS) is 28.2. The van der Waals surface area contributed by atoms with Crippen LogP contribution in [0.3, 0.4) is 0 Å². The van der Waals surface area contributed by atoms with Crippen LogP contribution in [0.15, 0.2) is 18.2 Å². The van der Waals surface area contributed by atoms with Gasteiger partial charge < -0.3 is 15.1 Å². The van der Waals surface area contributed by atoms with Crippen LogP contribution >= 0.6 is 0 Å². The molecule has 0 aromatic heterocycles. The Balaban J connectivity index is 1.29. The molecule has 4 rings (SSSR count). The number of phenolic OH excluding ortho intramolecular Hbond substituents is 1. The summed E-state index contributed by atoms with van der Waals surface area (Å²) >= 11 is 0. The van der Waals surface area contributed by atoms with Gasteiger partial charge in [-0.15, -0.1) is 0 Å². The van der Waals surface area contributed by atoms with E-state index in [4.69, 9.17) is 0 Å². The number of hydrogen-bond acceptors (Lipinski definition) is 3. The fourth-order valence-corrected chi connectivity index (χ4v) is 5.38. The van der Waals surface area contributed by atoms with Gasteiger partial charge >= 0.3 is 0 Å². The fraction of sp³-hybridized carbons (Fsp3) is 0.682. The predicted molar refractivity (Wildman–Crippen MR) is 101 cm³/mol. The monoisotopic (exact) mass is 357 g/mol. The van der Waals surface area contributed by atoms with E-state index in [2.05, 4.69) is 0 Å². The third-order valence-electron chi connectivity index (χ3n) is 6.96. The molecule has 4 nitrogen and oxygen atoms in total. The van der Waals surface area contributed by atoms with Gasteiger partial charge in [-0.1, -0.05) is 25.3 Å². The van der Waals surface area contributed by atoms with Crippen LogP contribution in [-0.2, 0) is 6.54 Å². The van der Waals surface area contributed by atoms with Crippen molar-refractivity contribution < 1.29 is 15.0 Å². The number of aliphatic hydroxyl groups is 1. The first-order valence-corrected chi connectivity index (χ1v) is 10.4. The lowest BCUT2D eigenvalue weighted by atomic mass is 9.73. The molecule has 2 aliphatic carbocycles. The van der Waals surface area contributed by atoms with Crippen LogP contribution in [0.5, 0.6) is 5.75 Å². The number of aromatic hydroxyl groups is 1. The third-order valence-corrected chi connectivity index (χ3v) is 6.96. The first kappa shape index (κ1) is 17.8. The average molecular weight is 357 g/mol. The SMILES string of the molecule is O=C1c2cc(O)ccc2CN1C[C@H]1CC[C@H](C(O)C2CCCCC2)CC1. The minimum atomic E-state index is -0.114. The highest BCUT2D eigenvalue weighted by atomic mass is 16.3. The molecule has 0 radical (unpaired) electrons. The highest BCUT2D eigenvalue weighted by molar-refractivity contribution is 5.98. The summed E-state index contributed by atoms with van der Waals surface area (Å²) in [6.45, 7) is 1.47. The van der Waals surface area contributed by atoms with Gasteiger partial charge in [0, 0.05) is 18.7 Å². The largest absolute Gasteiger partial charge is 0.508 e. The maximum atomic E-state index is 12.6. The Labute approximate surface area is 156 Å². The molecule has 1 heterocycles. The zero-order valence-corrected chi connectivity index (χ0v) is 15.6. The molecule has 1 aromatic rings. The van der Waals surface area contributed by atoms with Crippen LogP contribution in [0.2, 0.25) is 0 Å². The number of carbonyl (C=O) groups excluding carboxylic acids is 1. The lowest BCUT2D eigenvalue weighted by Crippen LogP contribution is -2.36. The molecule has 2 saturated carbocycles. The molecular formula is C22H31NO3. The van der Waals surface area contributed by atoms with Crippen LogP contribution in [0.1, 0.15) is 73.7 Å². The van der Waals surface area contributed by atoms with E-state index in [0.29, 0.717) is 29.9 Å². The maximum absolute atomic E-state index is 12.6. The molecule has 2 N–H and O–H groups in total. The topological polar surface area (TPSA) is 60.8 Å². The lowest BCUT2D eigenvalue weighted by molar-refractivity contribution is 0.00972. The smallest absolute Gasteiger partial charge is 0.254 e. The van der Waals surface area contributed by atoms with E-state index in [1.165, 1.54) is 32.1 Å². The van der Waals surface area contributed by atoms with Gasteiger partial charge in [0.15, 0.2) is 0 Å². The standard InChI is InChI=1S/C22H31NO3/c24-19-11-10-18-14-23(22(26)20(18)12-19)13-15-6-8-17(9-7-15)21(25)16-4-2-1-3-5-16/h10-12,15-17,21,24-25H,1-9,13-14H2/t15-,17-,21?. The van der Waals surface area contributed by atoms with Crippen LogP contribution in [-0.4, -0.2) is 33.7 Å². The second-order valence-electron chi connectivity index (χ2n) is 8.70. The molecule has 1 amide bonds. The minimum absolute atomic E-state index is 0.0558. The quantitative estimate of drug-likeness (QED) is 0.853. The lowest BCUT2D eigenvalue weighted by Gasteiger charge is -2.37. The molecule has 1 atom stereocenters. The van der Waals surface area contributed by atoms with E-state index < -0.39 is 0 Å². The number of phenols is 1. The van der Waals surface area contributed by atoms with Crippen LogP contribution in [0.25, 0.3) is 0 Å². The molecule has 1 aliphatic heterocycles. The van der Waals surface area contributed by atoms with Crippen molar-refractivity contribution in [2.75, 3.05) is 6.54 Å². The predicted octanol–water partition coefficient (Wildman–Crippen LogP) is 4.10. The Bertz CT molecular complexity index is 645. The van der Waals surface area contributed by atoms with E-state index in [9.17, 15) is 15.0 Å². The number of nitrogens with zero attached hydrogens (tertiary/aromatic N) is 1. The zero-order valence-electron chi connectivity index (χ0n) is 15.6. The highest BCUT2D eigenvalue weighted by Gasteiger charge is 2.34. The first-order chi connectivity index (χ1) is 12.6. The van der Waals surface area contributed by atoms with E-state index in [-0.39, 0.29) is 17.8 Å². The zero-order chi connectivity index (χ0) is 18.1. The molecular weight excluding hydrogens is 326 g/mol. The van der Waals surface area contributed by atoms with Crippen molar-refractivity contribution in [3.05, 3.63) is 29.3 Å². The molecule has 142 valence electrons. The summed E-state index contributed by atoms with van der Waals surface area (Å²) in [6.07, 6.45) is 10.6. The van der Waals surface area contributed by atoms with Gasteiger partial charge in [0.2, 0.25) is 0 Å². The number of amides is 1. The molecule has 0 spiro atoms. The Kier molecular flexibility index (Phi) is 5.21. The van der Waals surface area contributed by atoms with Crippen molar-refractivity contribution in [2.24, 2.45) is 17.8 Å². The number of fused-ring (bicyclic) bond motifs is 1. The molecule has 1 aromatic carbocycles. The number of benzene rings is 1. The molecule has 0 bridgehead atoms. The van der Waals surface area contributed by atoms with E-state index in [1.54, 1.807) is 12.1 Å². The van der Waals surface area contributed by atoms with Gasteiger partial charge in [0.25, 0.3) is 5.91 Å². The first-order valence-electron chi connectivity index (χ1n) is 10.4. The molecule has 2 fully saturated rings. The van der Waals surface area contributed by atoms with Crippen LogP contribution in [0.4, 0.5) is 0 Å². The number of carbonyl (C=O) groups is 1. The van der Waals surface area contributed by atoms with Gasteiger partial charge in [0.1, 0.15) is 5.75 Å². The van der Waals surface area contributed by atoms with Gasteiger partial charge in [-0.3, -0.25) is 4.79 Å². The minimum Gasteiger partial charge on any atom is -0.508 e. The van der Waals surface area contributed by atoms with Crippen molar-refractivity contribution >= 4 is 5.91 Å². The Hall–Kier alpha value is -1.55. The Morgan fingerprint density at radius 1 is 1.00 bits per heavy atom. The van der Waals surface area contributed by atoms with E-state index in [1.807, 2.05) is 11.0 Å². The Morgan fingerprint density at radius 3 is 2.42 bits per heavy atom. The summed E-state index contributed by atoms with van der Waals surface area (Å²) in [7, 11) is 0.